The van der Waals surface area contributed by atoms with Gasteiger partial charge in [-0.25, -0.2) is 9.37 Å². The lowest BCUT2D eigenvalue weighted by atomic mass is 10.1. The molecule has 2 saturated heterocycles. The Morgan fingerprint density at radius 3 is 2.13 bits per heavy atom. The summed E-state index contributed by atoms with van der Waals surface area (Å²) in [5, 5.41) is 4.68. The number of halogens is 1. The number of thioether (sulfide) groups is 1. The van der Waals surface area contributed by atoms with Crippen molar-refractivity contribution in [1.82, 2.24) is 15.1 Å². The number of benzene rings is 2. The van der Waals surface area contributed by atoms with Crippen molar-refractivity contribution in [2.45, 2.75) is 52.3 Å². The highest BCUT2D eigenvalue weighted by atomic mass is 127. The quantitative estimate of drug-likeness (QED) is 0.227. The van der Waals surface area contributed by atoms with Crippen molar-refractivity contribution in [3.05, 3.63) is 71.8 Å². The third-order valence-corrected chi connectivity index (χ3v) is 7.81. The van der Waals surface area contributed by atoms with Crippen LogP contribution >= 0.6 is 24.0 Å². The fourth-order valence-electron chi connectivity index (χ4n) is 4.62. The van der Waals surface area contributed by atoms with E-state index in [0.29, 0.717) is 12.6 Å². The van der Waals surface area contributed by atoms with Gasteiger partial charge in [0.15, 0.2) is 13.1 Å². The minimum atomic E-state index is -0.450. The molecule has 2 aromatic rings. The molecule has 39 heavy (non-hydrogen) atoms. The van der Waals surface area contributed by atoms with Gasteiger partial charge in [-0.2, -0.15) is 0 Å². The van der Waals surface area contributed by atoms with Crippen LogP contribution in [0.1, 0.15) is 45.7 Å². The number of hydrogen-bond donors (Lipinski definition) is 1. The summed E-state index contributed by atoms with van der Waals surface area (Å²) < 4.78 is 7.88. The average Bonchev–Trinajstić information content (AvgIpc) is 2.89. The summed E-state index contributed by atoms with van der Waals surface area (Å²) in [5.41, 5.74) is 1.94. The van der Waals surface area contributed by atoms with Gasteiger partial charge in [0.25, 0.3) is 0 Å². The largest absolute Gasteiger partial charge is 1.00 e. The molecule has 6 nitrogen and oxygen atoms in total. The molecule has 2 atom stereocenters. The number of nitrogens with one attached hydrogen (secondary N) is 1. The Balaban J connectivity index is 0.000000289. The molecule has 4 rings (SSSR count). The highest BCUT2D eigenvalue weighted by Crippen LogP contribution is 2.17. The standard InChI is InChI=1S/C18H27N2O2S.C12H16N2S.HI/c1-14-13-19(16(23-5)15-9-7-6-8-10-15)11-12-20(14)17(21)22-18(2,3)4;1-10-9-14(8-7-13-10)12(15)11-5-3-2-4-6-11;/h6-10,14H,11-13H2,1-5H3;2-6,10,13H,7-9H2,1H3;1H/q+1;;/p-1/t14-;10-;/m11./s1. The molecule has 2 heterocycles. The van der Waals surface area contributed by atoms with Crippen molar-refractivity contribution in [3.63, 3.8) is 0 Å². The third kappa shape index (κ3) is 10.3. The molecule has 214 valence electrons. The molecule has 2 aliphatic heterocycles. The van der Waals surface area contributed by atoms with Gasteiger partial charge in [-0.05, 0) is 53.0 Å². The number of piperazine rings is 2. The number of thiocarbonyl (C=S) groups is 1. The van der Waals surface area contributed by atoms with E-state index in [1.807, 2.05) is 49.9 Å². The van der Waals surface area contributed by atoms with Crippen molar-refractivity contribution in [2.24, 2.45) is 0 Å². The predicted octanol–water partition coefficient (Wildman–Crippen LogP) is 2.11. The van der Waals surface area contributed by atoms with Gasteiger partial charge >= 0.3 is 6.09 Å². The first-order chi connectivity index (χ1) is 18.1. The SMILES string of the molecule is CSC(c1ccccc1)=[N+]1CCN(C(=O)OC(C)(C)C)[C@H](C)C1.C[C@@H]1CN(C(=S)c2ccccc2)CCN1.[I-]. The lowest BCUT2D eigenvalue weighted by molar-refractivity contribution is -0.541. The highest BCUT2D eigenvalue weighted by Gasteiger charge is 2.34. The van der Waals surface area contributed by atoms with Crippen LogP contribution in [0, 0.1) is 0 Å². The normalized spacial score (nSPS) is 20.7. The van der Waals surface area contributed by atoms with E-state index in [0.717, 1.165) is 43.3 Å². The number of carbonyl (C=O) groups is 1. The van der Waals surface area contributed by atoms with Crippen molar-refractivity contribution in [1.29, 1.82) is 0 Å². The maximum Gasteiger partial charge on any atom is 0.410 e. The third-order valence-electron chi connectivity index (χ3n) is 6.43. The second-order valence-corrected chi connectivity index (χ2v) is 12.0. The molecular formula is C30H43IN4O2S2. The fraction of sp³-hybridized carbons (Fsp3) is 0.500. The van der Waals surface area contributed by atoms with E-state index < -0.39 is 5.60 Å². The predicted molar refractivity (Wildman–Crippen MR) is 164 cm³/mol. The second-order valence-electron chi connectivity index (χ2n) is 10.8. The summed E-state index contributed by atoms with van der Waals surface area (Å²) in [4.78, 5) is 17.4. The Labute approximate surface area is 261 Å². The number of amides is 1. The van der Waals surface area contributed by atoms with Gasteiger partial charge in [-0.15, -0.1) is 0 Å². The Kier molecular flexibility index (Phi) is 13.7. The molecule has 1 amide bonds. The molecule has 0 bridgehead atoms. The first-order valence-electron chi connectivity index (χ1n) is 13.4. The zero-order chi connectivity index (χ0) is 27.7. The van der Waals surface area contributed by atoms with Crippen molar-refractivity contribution >= 4 is 40.1 Å². The maximum absolute atomic E-state index is 12.3. The first-order valence-corrected chi connectivity index (χ1v) is 15.0. The Morgan fingerprint density at radius 2 is 1.62 bits per heavy atom. The van der Waals surface area contributed by atoms with Crippen LogP contribution in [-0.4, -0.2) is 93.7 Å². The van der Waals surface area contributed by atoms with Crippen LogP contribution in [0.3, 0.4) is 0 Å². The highest BCUT2D eigenvalue weighted by molar-refractivity contribution is 8.13. The number of nitrogens with zero attached hydrogens (tertiary/aromatic N) is 3. The molecule has 0 spiro atoms. The number of carbonyl (C=O) groups excluding carboxylic acids is 1. The molecule has 9 heteroatoms. The summed E-state index contributed by atoms with van der Waals surface area (Å²) in [6.45, 7) is 15.4. The average molecular weight is 683 g/mol. The zero-order valence-electron chi connectivity index (χ0n) is 24.0. The molecule has 0 unspecified atom stereocenters. The Hall–Kier alpha value is -1.69. The summed E-state index contributed by atoms with van der Waals surface area (Å²) >= 11 is 7.25. The number of hydrogen-bond acceptors (Lipinski definition) is 5. The van der Waals surface area contributed by atoms with Crippen LogP contribution in [0.5, 0.6) is 0 Å². The topological polar surface area (TPSA) is 47.8 Å². The van der Waals surface area contributed by atoms with Crippen LogP contribution in [0.15, 0.2) is 60.7 Å². The lowest BCUT2D eigenvalue weighted by Gasteiger charge is -2.33. The summed E-state index contributed by atoms with van der Waals surface area (Å²) in [6.07, 6.45) is 1.89. The van der Waals surface area contributed by atoms with Crippen LogP contribution < -0.4 is 29.3 Å². The number of rotatable bonds is 2. The van der Waals surface area contributed by atoms with E-state index in [4.69, 9.17) is 17.0 Å². The van der Waals surface area contributed by atoms with Gasteiger partial charge in [0.05, 0.1) is 18.2 Å². The maximum atomic E-state index is 12.3. The summed E-state index contributed by atoms with van der Waals surface area (Å²) in [7, 11) is 0. The van der Waals surface area contributed by atoms with Crippen molar-refractivity contribution in [3.8, 4) is 0 Å². The molecule has 0 aromatic heterocycles. The first kappa shape index (κ1) is 33.5. The lowest BCUT2D eigenvalue weighted by Crippen LogP contribution is -3.00. The van der Waals surface area contributed by atoms with E-state index in [1.165, 1.54) is 10.6 Å². The Bertz CT molecular complexity index is 1090. The van der Waals surface area contributed by atoms with Crippen LogP contribution in [0.2, 0.25) is 0 Å². The summed E-state index contributed by atoms with van der Waals surface area (Å²) in [6, 6.07) is 21.3. The second kappa shape index (κ2) is 15.9. The van der Waals surface area contributed by atoms with E-state index >= 15 is 0 Å². The van der Waals surface area contributed by atoms with Gasteiger partial charge in [-0.3, -0.25) is 4.90 Å². The van der Waals surface area contributed by atoms with Gasteiger partial charge in [0.2, 0.25) is 5.04 Å². The van der Waals surface area contributed by atoms with E-state index in [-0.39, 0.29) is 36.1 Å². The van der Waals surface area contributed by atoms with E-state index in [1.54, 1.807) is 11.8 Å². The summed E-state index contributed by atoms with van der Waals surface area (Å²) in [5.74, 6) is 0. The zero-order valence-corrected chi connectivity index (χ0v) is 27.8. The van der Waals surface area contributed by atoms with Crippen molar-refractivity contribution in [2.75, 3.05) is 45.5 Å². The Morgan fingerprint density at radius 1 is 1.03 bits per heavy atom. The number of ether oxygens (including phenoxy) is 1. The van der Waals surface area contributed by atoms with Crippen LogP contribution in [-0.2, 0) is 4.74 Å². The fourth-order valence-corrected chi connectivity index (χ4v) is 5.72. The monoisotopic (exact) mass is 682 g/mol. The molecule has 2 fully saturated rings. The molecule has 2 aliphatic rings. The van der Waals surface area contributed by atoms with Crippen LogP contribution in [0.25, 0.3) is 0 Å². The van der Waals surface area contributed by atoms with Gasteiger partial charge in [-0.1, -0.05) is 72.5 Å². The van der Waals surface area contributed by atoms with Gasteiger partial charge < -0.3 is 38.9 Å². The van der Waals surface area contributed by atoms with Crippen LogP contribution in [0.4, 0.5) is 4.79 Å². The minimum Gasteiger partial charge on any atom is -1.00 e. The van der Waals surface area contributed by atoms with Crippen molar-refractivity contribution < 1.29 is 38.1 Å². The molecule has 0 saturated carbocycles. The van der Waals surface area contributed by atoms with E-state index in [9.17, 15) is 4.79 Å². The molecule has 1 N–H and O–H groups in total. The molecular weight excluding hydrogens is 639 g/mol. The molecule has 2 aromatic carbocycles. The smallest absolute Gasteiger partial charge is 0.410 e. The van der Waals surface area contributed by atoms with Gasteiger partial charge in [0, 0.05) is 31.2 Å². The van der Waals surface area contributed by atoms with E-state index in [2.05, 4.69) is 71.3 Å². The minimum absolute atomic E-state index is 0. The molecule has 0 radical (unpaired) electrons. The molecule has 0 aliphatic carbocycles. The van der Waals surface area contributed by atoms with Gasteiger partial charge in [0.1, 0.15) is 10.6 Å².